The minimum absolute atomic E-state index is 0.0788. The fraction of sp³-hybridized carbons (Fsp3) is 0.182. The molecule has 0 aromatic carbocycles. The highest BCUT2D eigenvalue weighted by atomic mass is 32.1. The first-order valence-corrected chi connectivity index (χ1v) is 7.28. The van der Waals surface area contributed by atoms with E-state index in [9.17, 15) is 19.7 Å². The number of esters is 1. The molecule has 8 nitrogen and oxygen atoms in total. The Balaban J connectivity index is 1.86. The first-order valence-electron chi connectivity index (χ1n) is 5.58. The van der Waals surface area contributed by atoms with Crippen molar-refractivity contribution in [3.63, 3.8) is 0 Å². The Bertz CT molecular complexity index is 694. The van der Waals surface area contributed by atoms with Gasteiger partial charge in [-0.15, -0.1) is 11.3 Å². The Hall–Kier alpha value is -2.33. The average Bonchev–Trinajstić information content (AvgIpc) is 3.05. The minimum atomic E-state index is -0.609. The molecule has 2 rings (SSSR count). The summed E-state index contributed by atoms with van der Waals surface area (Å²) in [5, 5.41) is 14.4. The molecule has 21 heavy (non-hydrogen) atoms. The molecule has 1 N–H and O–H groups in total. The van der Waals surface area contributed by atoms with Crippen LogP contribution in [0.1, 0.15) is 15.2 Å². The van der Waals surface area contributed by atoms with Gasteiger partial charge in [-0.1, -0.05) is 0 Å². The summed E-state index contributed by atoms with van der Waals surface area (Å²) in [5.74, 6) is -1.19. The highest BCUT2D eigenvalue weighted by Crippen LogP contribution is 2.24. The van der Waals surface area contributed by atoms with E-state index in [-0.39, 0.29) is 10.1 Å². The summed E-state index contributed by atoms with van der Waals surface area (Å²) in [6.07, 6.45) is 1.04. The Morgan fingerprint density at radius 1 is 1.52 bits per heavy atom. The van der Waals surface area contributed by atoms with Crippen molar-refractivity contribution >= 4 is 44.7 Å². The molecule has 0 saturated carbocycles. The van der Waals surface area contributed by atoms with Crippen molar-refractivity contribution in [2.24, 2.45) is 0 Å². The zero-order valence-corrected chi connectivity index (χ0v) is 12.3. The Kier molecular flexibility index (Phi) is 4.60. The van der Waals surface area contributed by atoms with Crippen molar-refractivity contribution in [2.75, 3.05) is 11.9 Å². The summed E-state index contributed by atoms with van der Waals surface area (Å²) in [7, 11) is 0. The van der Waals surface area contributed by atoms with Gasteiger partial charge >= 0.3 is 11.0 Å². The molecule has 10 heteroatoms. The van der Waals surface area contributed by atoms with E-state index >= 15 is 0 Å². The maximum atomic E-state index is 11.7. The molecule has 0 bridgehead atoms. The highest BCUT2D eigenvalue weighted by Gasteiger charge is 2.16. The van der Waals surface area contributed by atoms with Gasteiger partial charge in [0.05, 0.1) is 4.92 Å². The van der Waals surface area contributed by atoms with Crippen LogP contribution in [-0.2, 0) is 9.53 Å². The van der Waals surface area contributed by atoms with Gasteiger partial charge in [-0.2, -0.15) is 0 Å². The summed E-state index contributed by atoms with van der Waals surface area (Å²) in [4.78, 5) is 37.2. The lowest BCUT2D eigenvalue weighted by Gasteiger charge is -2.03. The smallest absolute Gasteiger partial charge is 0.349 e. The number of carbonyl (C=O) groups excluding carboxylic acids is 2. The van der Waals surface area contributed by atoms with Gasteiger partial charge in [0, 0.05) is 0 Å². The summed E-state index contributed by atoms with van der Waals surface area (Å²) in [6.45, 7) is 1.28. The van der Waals surface area contributed by atoms with Crippen LogP contribution in [0.15, 0.2) is 17.6 Å². The SMILES string of the molecule is Cc1ccsc1C(=O)OCC(=O)Nc1ncc([N+](=O)[O-])s1. The van der Waals surface area contributed by atoms with Gasteiger partial charge in [-0.25, -0.2) is 9.78 Å². The van der Waals surface area contributed by atoms with E-state index in [1.54, 1.807) is 18.4 Å². The fourth-order valence-electron chi connectivity index (χ4n) is 1.34. The third kappa shape index (κ3) is 3.83. The number of nitro groups is 1. The highest BCUT2D eigenvalue weighted by molar-refractivity contribution is 7.18. The van der Waals surface area contributed by atoms with Gasteiger partial charge in [0.2, 0.25) is 0 Å². The number of aromatic nitrogens is 1. The molecule has 2 aromatic rings. The van der Waals surface area contributed by atoms with E-state index in [0.29, 0.717) is 4.88 Å². The molecule has 0 atom stereocenters. The number of anilines is 1. The Morgan fingerprint density at radius 2 is 2.29 bits per heavy atom. The average molecular weight is 327 g/mol. The molecule has 0 radical (unpaired) electrons. The number of thiazole rings is 1. The quantitative estimate of drug-likeness (QED) is 0.512. The fourth-order valence-corrected chi connectivity index (χ4v) is 2.81. The molecule has 0 spiro atoms. The summed E-state index contributed by atoms with van der Waals surface area (Å²) in [6, 6.07) is 1.77. The van der Waals surface area contributed by atoms with Crippen LogP contribution < -0.4 is 5.32 Å². The number of carbonyl (C=O) groups is 2. The van der Waals surface area contributed by atoms with Gasteiger partial charge in [0.15, 0.2) is 11.7 Å². The summed E-state index contributed by atoms with van der Waals surface area (Å²) in [5.41, 5.74) is 0.779. The first-order chi connectivity index (χ1) is 9.97. The molecule has 0 unspecified atom stereocenters. The largest absolute Gasteiger partial charge is 0.451 e. The van der Waals surface area contributed by atoms with E-state index < -0.39 is 23.4 Å². The molecule has 2 heterocycles. The molecular formula is C11H9N3O5S2. The van der Waals surface area contributed by atoms with Crippen molar-refractivity contribution in [3.05, 3.63) is 38.2 Å². The molecule has 0 saturated heterocycles. The van der Waals surface area contributed by atoms with Crippen LogP contribution in [0.2, 0.25) is 0 Å². The van der Waals surface area contributed by atoms with Crippen LogP contribution in [-0.4, -0.2) is 28.4 Å². The van der Waals surface area contributed by atoms with Crippen molar-refractivity contribution in [2.45, 2.75) is 6.92 Å². The van der Waals surface area contributed by atoms with Crippen LogP contribution in [0.25, 0.3) is 0 Å². The molecule has 2 aromatic heterocycles. The van der Waals surface area contributed by atoms with Gasteiger partial charge < -0.3 is 4.74 Å². The summed E-state index contributed by atoms with van der Waals surface area (Å²) < 4.78 is 4.86. The number of hydrogen-bond donors (Lipinski definition) is 1. The number of ether oxygens (including phenoxy) is 1. The molecular weight excluding hydrogens is 318 g/mol. The lowest BCUT2D eigenvalue weighted by atomic mass is 10.3. The molecule has 0 aliphatic carbocycles. The van der Waals surface area contributed by atoms with Crippen LogP contribution in [0.5, 0.6) is 0 Å². The predicted octanol–water partition coefficient (Wildman–Crippen LogP) is 2.22. The molecule has 110 valence electrons. The van der Waals surface area contributed by atoms with E-state index in [4.69, 9.17) is 4.74 Å². The minimum Gasteiger partial charge on any atom is -0.451 e. The first kappa shape index (κ1) is 15.1. The number of thiophene rings is 1. The lowest BCUT2D eigenvalue weighted by molar-refractivity contribution is -0.380. The molecule has 0 aliphatic rings. The zero-order chi connectivity index (χ0) is 15.4. The third-order valence-corrected chi connectivity index (χ3v) is 4.16. The van der Waals surface area contributed by atoms with E-state index in [2.05, 4.69) is 10.3 Å². The number of aryl methyl sites for hydroxylation is 1. The standard InChI is InChI=1S/C11H9N3O5S2/c1-6-2-3-20-9(6)10(16)19-5-7(15)13-11-12-4-8(21-11)14(17)18/h2-4H,5H2,1H3,(H,12,13,15). The van der Waals surface area contributed by atoms with Crippen LogP contribution in [0.4, 0.5) is 10.1 Å². The van der Waals surface area contributed by atoms with Crippen LogP contribution in [0, 0.1) is 17.0 Å². The lowest BCUT2D eigenvalue weighted by Crippen LogP contribution is -2.20. The number of nitrogens with one attached hydrogen (secondary N) is 1. The second-order valence-electron chi connectivity index (χ2n) is 3.82. The topological polar surface area (TPSA) is 111 Å². The van der Waals surface area contributed by atoms with Gasteiger partial charge in [0.25, 0.3) is 5.91 Å². The van der Waals surface area contributed by atoms with E-state index in [0.717, 1.165) is 23.1 Å². The number of hydrogen-bond acceptors (Lipinski definition) is 8. The maximum absolute atomic E-state index is 11.7. The maximum Gasteiger partial charge on any atom is 0.349 e. The van der Waals surface area contributed by atoms with Crippen molar-refractivity contribution in [3.8, 4) is 0 Å². The van der Waals surface area contributed by atoms with Crippen molar-refractivity contribution < 1.29 is 19.2 Å². The normalized spacial score (nSPS) is 10.1. The second-order valence-corrected chi connectivity index (χ2v) is 5.74. The van der Waals surface area contributed by atoms with Gasteiger partial charge in [0.1, 0.15) is 11.1 Å². The van der Waals surface area contributed by atoms with Crippen molar-refractivity contribution in [1.82, 2.24) is 4.98 Å². The molecule has 0 aliphatic heterocycles. The third-order valence-electron chi connectivity index (χ3n) is 2.30. The van der Waals surface area contributed by atoms with Crippen molar-refractivity contribution in [1.29, 1.82) is 0 Å². The second kappa shape index (κ2) is 6.41. The van der Waals surface area contributed by atoms with E-state index in [1.807, 2.05) is 0 Å². The van der Waals surface area contributed by atoms with E-state index in [1.165, 1.54) is 11.3 Å². The van der Waals surface area contributed by atoms with Crippen LogP contribution >= 0.6 is 22.7 Å². The summed E-state index contributed by atoms with van der Waals surface area (Å²) >= 11 is 1.95. The Morgan fingerprint density at radius 3 is 2.86 bits per heavy atom. The Labute approximate surface area is 126 Å². The molecule has 0 fully saturated rings. The molecule has 1 amide bonds. The zero-order valence-electron chi connectivity index (χ0n) is 10.7. The number of nitrogens with zero attached hydrogens (tertiary/aromatic N) is 2. The predicted molar refractivity (Wildman–Crippen MR) is 76.7 cm³/mol. The number of rotatable bonds is 5. The number of amides is 1. The van der Waals surface area contributed by atoms with Crippen LogP contribution in [0.3, 0.4) is 0 Å². The van der Waals surface area contributed by atoms with Gasteiger partial charge in [-0.05, 0) is 35.3 Å². The monoisotopic (exact) mass is 327 g/mol. The van der Waals surface area contributed by atoms with Gasteiger partial charge in [-0.3, -0.25) is 20.2 Å².